The molecule has 0 atom stereocenters. The molecule has 17 heavy (non-hydrogen) atoms. The third-order valence-corrected chi connectivity index (χ3v) is 3.21. The first-order chi connectivity index (χ1) is 8.41. The van der Waals surface area contributed by atoms with E-state index in [9.17, 15) is 0 Å². The fourth-order valence-electron chi connectivity index (χ4n) is 2.10. The van der Waals surface area contributed by atoms with Crippen LogP contribution in [0.25, 0.3) is 0 Å². The Kier molecular flexibility index (Phi) is 15.0. The lowest BCUT2D eigenvalue weighted by Gasteiger charge is -2.01. The zero-order valence-corrected chi connectivity index (χ0v) is 12.1. The van der Waals surface area contributed by atoms with Gasteiger partial charge in [0.25, 0.3) is 0 Å². The molecule has 0 spiro atoms. The van der Waals surface area contributed by atoms with E-state index >= 15 is 0 Å². The average molecular weight is 236 g/mol. The fourth-order valence-corrected chi connectivity index (χ4v) is 2.10. The zero-order chi connectivity index (χ0) is 12.6. The predicted octanol–water partition coefficient (Wildman–Crippen LogP) is 6.43. The van der Waals surface area contributed by atoms with Crippen LogP contribution in [0.15, 0.2) is 24.3 Å². The number of unbranched alkanes of at least 4 members (excludes halogenated alkanes) is 10. The molecule has 0 fully saturated rings. The van der Waals surface area contributed by atoms with Crippen molar-refractivity contribution in [1.82, 2.24) is 0 Å². The number of hydrogen-bond donors (Lipinski definition) is 0. The van der Waals surface area contributed by atoms with Gasteiger partial charge in [0.2, 0.25) is 0 Å². The molecule has 0 rings (SSSR count). The summed E-state index contributed by atoms with van der Waals surface area (Å²) in [5, 5.41) is 0. The van der Waals surface area contributed by atoms with E-state index in [0.717, 1.165) is 0 Å². The zero-order valence-electron chi connectivity index (χ0n) is 12.1. The van der Waals surface area contributed by atoms with Crippen LogP contribution in [-0.4, -0.2) is 0 Å². The van der Waals surface area contributed by atoms with Crippen LogP contribution in [0.1, 0.15) is 84.5 Å². The second-order valence-electron chi connectivity index (χ2n) is 4.90. The highest BCUT2D eigenvalue weighted by Gasteiger charge is 1.91. The molecule has 0 saturated heterocycles. The summed E-state index contributed by atoms with van der Waals surface area (Å²) in [5.74, 6) is 0. The van der Waals surface area contributed by atoms with Gasteiger partial charge in [0.15, 0.2) is 0 Å². The van der Waals surface area contributed by atoms with E-state index in [2.05, 4.69) is 38.2 Å². The maximum atomic E-state index is 2.28. The lowest BCUT2D eigenvalue weighted by Crippen LogP contribution is -1.81. The second kappa shape index (κ2) is 15.5. The quantitative estimate of drug-likeness (QED) is 0.270. The Hall–Kier alpha value is -0.520. The first-order valence-electron chi connectivity index (χ1n) is 7.64. The molecule has 0 aliphatic rings. The van der Waals surface area contributed by atoms with E-state index in [4.69, 9.17) is 0 Å². The third-order valence-electron chi connectivity index (χ3n) is 3.21. The minimum atomic E-state index is 1.28. The smallest absolute Gasteiger partial charge is 0.0351 e. The largest absolute Gasteiger partial charge is 0.0917 e. The molecular formula is C17H32. The maximum absolute atomic E-state index is 2.28. The van der Waals surface area contributed by atoms with Gasteiger partial charge in [0, 0.05) is 0 Å². The minimum Gasteiger partial charge on any atom is -0.0917 e. The molecule has 0 aliphatic carbocycles. The van der Waals surface area contributed by atoms with Crippen LogP contribution in [0.4, 0.5) is 0 Å². The summed E-state index contributed by atoms with van der Waals surface area (Å²) in [6.45, 7) is 4.21. The summed E-state index contributed by atoms with van der Waals surface area (Å²) >= 11 is 0. The number of rotatable bonds is 12. The summed E-state index contributed by atoms with van der Waals surface area (Å²) in [5.41, 5.74) is 0. The average Bonchev–Trinajstić information content (AvgIpc) is 2.35. The fraction of sp³-hybridized carbons (Fsp3) is 0.765. The van der Waals surface area contributed by atoms with E-state index in [1.807, 2.05) is 0 Å². The third kappa shape index (κ3) is 15.5. The Morgan fingerprint density at radius 3 is 1.06 bits per heavy atom. The number of hydrogen-bond acceptors (Lipinski definition) is 0. The van der Waals surface area contributed by atoms with Crippen LogP contribution >= 0.6 is 0 Å². The van der Waals surface area contributed by atoms with Crippen LogP contribution in [0.5, 0.6) is 0 Å². The second-order valence-corrected chi connectivity index (χ2v) is 4.90. The Balaban J connectivity index is 2.94. The molecule has 0 bridgehead atoms. The summed E-state index contributed by atoms with van der Waals surface area (Å²) < 4.78 is 0. The van der Waals surface area contributed by atoms with Gasteiger partial charge in [-0.25, -0.2) is 0 Å². The highest BCUT2D eigenvalue weighted by atomic mass is 14.0. The van der Waals surface area contributed by atoms with E-state index in [1.165, 1.54) is 70.6 Å². The van der Waals surface area contributed by atoms with E-state index < -0.39 is 0 Å². The summed E-state index contributed by atoms with van der Waals surface area (Å²) in [7, 11) is 0. The highest BCUT2D eigenvalue weighted by molar-refractivity contribution is 4.76. The van der Waals surface area contributed by atoms with Crippen molar-refractivity contribution in [2.24, 2.45) is 0 Å². The molecule has 0 heteroatoms. The molecule has 0 heterocycles. The van der Waals surface area contributed by atoms with Crippen molar-refractivity contribution in [2.45, 2.75) is 84.5 Å². The van der Waals surface area contributed by atoms with Gasteiger partial charge in [0.05, 0.1) is 0 Å². The van der Waals surface area contributed by atoms with Crippen molar-refractivity contribution in [3.05, 3.63) is 24.3 Å². The van der Waals surface area contributed by atoms with Gasteiger partial charge < -0.3 is 0 Å². The van der Waals surface area contributed by atoms with Crippen molar-refractivity contribution in [2.75, 3.05) is 0 Å². The lowest BCUT2D eigenvalue weighted by molar-refractivity contribution is 0.561. The van der Waals surface area contributed by atoms with Crippen molar-refractivity contribution >= 4 is 0 Å². The molecule has 0 amide bonds. The molecule has 0 aromatic heterocycles. The Bertz CT molecular complexity index is 156. The van der Waals surface area contributed by atoms with Crippen molar-refractivity contribution in [1.29, 1.82) is 0 Å². The topological polar surface area (TPSA) is 0 Å². The van der Waals surface area contributed by atoms with Crippen LogP contribution in [0, 0.1) is 0 Å². The van der Waals surface area contributed by atoms with Crippen LogP contribution in [-0.2, 0) is 0 Å². The standard InChI is InChI=1S/C17H32/c1-3-5-7-9-11-13-15-17-16-14-12-10-8-6-4-2/h3-6H,7-17H2,1-2H3/b5-3+,6-4+. The first-order valence-corrected chi connectivity index (χ1v) is 7.64. The summed E-state index contributed by atoms with van der Waals surface area (Å²) in [6.07, 6.45) is 24.3. The molecule has 0 unspecified atom stereocenters. The van der Waals surface area contributed by atoms with Gasteiger partial charge in [-0.05, 0) is 39.5 Å². The Labute approximate surface area is 109 Å². The van der Waals surface area contributed by atoms with Gasteiger partial charge in [-0.15, -0.1) is 0 Å². The minimum absolute atomic E-state index is 1.28. The lowest BCUT2D eigenvalue weighted by atomic mass is 10.1. The Morgan fingerprint density at radius 1 is 0.471 bits per heavy atom. The van der Waals surface area contributed by atoms with Crippen LogP contribution in [0.3, 0.4) is 0 Å². The number of allylic oxidation sites excluding steroid dienone is 4. The Morgan fingerprint density at radius 2 is 0.765 bits per heavy atom. The van der Waals surface area contributed by atoms with Crippen LogP contribution < -0.4 is 0 Å². The SMILES string of the molecule is C/C=C/CCCCCCCCCCC/C=C/C. The van der Waals surface area contributed by atoms with Crippen molar-refractivity contribution in [3.63, 3.8) is 0 Å². The summed E-state index contributed by atoms with van der Waals surface area (Å²) in [4.78, 5) is 0. The van der Waals surface area contributed by atoms with Gasteiger partial charge in [0.1, 0.15) is 0 Å². The molecule has 0 aromatic carbocycles. The van der Waals surface area contributed by atoms with Crippen LogP contribution in [0.2, 0.25) is 0 Å². The maximum Gasteiger partial charge on any atom is -0.0351 e. The predicted molar refractivity (Wildman–Crippen MR) is 80.4 cm³/mol. The summed E-state index contributed by atoms with van der Waals surface area (Å²) in [6, 6.07) is 0. The molecule has 0 nitrogen and oxygen atoms in total. The molecule has 0 saturated carbocycles. The normalized spacial score (nSPS) is 11.9. The molecule has 100 valence electrons. The van der Waals surface area contributed by atoms with E-state index in [-0.39, 0.29) is 0 Å². The molecular weight excluding hydrogens is 204 g/mol. The monoisotopic (exact) mass is 236 g/mol. The van der Waals surface area contributed by atoms with E-state index in [1.54, 1.807) is 0 Å². The van der Waals surface area contributed by atoms with Gasteiger partial charge in [-0.3, -0.25) is 0 Å². The molecule has 0 aromatic rings. The molecule has 0 radical (unpaired) electrons. The highest BCUT2D eigenvalue weighted by Crippen LogP contribution is 2.11. The van der Waals surface area contributed by atoms with Gasteiger partial charge in [-0.1, -0.05) is 69.2 Å². The first kappa shape index (κ1) is 16.5. The molecule has 0 aliphatic heterocycles. The van der Waals surface area contributed by atoms with Crippen molar-refractivity contribution in [3.8, 4) is 0 Å². The van der Waals surface area contributed by atoms with Crippen molar-refractivity contribution < 1.29 is 0 Å². The van der Waals surface area contributed by atoms with Gasteiger partial charge in [-0.2, -0.15) is 0 Å². The van der Waals surface area contributed by atoms with E-state index in [0.29, 0.717) is 0 Å². The molecule has 0 N–H and O–H groups in total. The van der Waals surface area contributed by atoms with Gasteiger partial charge >= 0.3 is 0 Å².